The molecule has 0 bridgehead atoms. The monoisotopic (exact) mass is 472 g/mol. The van der Waals surface area contributed by atoms with Crippen molar-refractivity contribution in [1.82, 2.24) is 9.80 Å². The van der Waals surface area contributed by atoms with Gasteiger partial charge in [0.2, 0.25) is 5.91 Å². The normalized spacial score (nSPS) is 17.3. The zero-order chi connectivity index (χ0) is 24.4. The molecule has 1 atom stereocenters. The van der Waals surface area contributed by atoms with Crippen LogP contribution in [0.3, 0.4) is 0 Å². The zero-order valence-electron chi connectivity index (χ0n) is 20.6. The molecule has 1 amide bonds. The molecule has 0 aliphatic carbocycles. The van der Waals surface area contributed by atoms with Gasteiger partial charge in [0.1, 0.15) is 5.75 Å². The summed E-state index contributed by atoms with van der Waals surface area (Å²) in [7, 11) is 4.99. The van der Waals surface area contributed by atoms with Crippen LogP contribution in [0.1, 0.15) is 27.8 Å². The number of nitrogens with zero attached hydrogens (tertiary/aromatic N) is 2. The molecule has 0 saturated carbocycles. The molecule has 0 aromatic heterocycles. The molecule has 6 heteroatoms. The van der Waals surface area contributed by atoms with Crippen molar-refractivity contribution >= 4 is 5.91 Å². The second-order valence-corrected chi connectivity index (χ2v) is 9.19. The highest BCUT2D eigenvalue weighted by Crippen LogP contribution is 2.34. The summed E-state index contributed by atoms with van der Waals surface area (Å²) in [5.41, 5.74) is 5.97. The molecule has 6 nitrogen and oxygen atoms in total. The fourth-order valence-corrected chi connectivity index (χ4v) is 5.32. The largest absolute Gasteiger partial charge is 0.496 e. The van der Waals surface area contributed by atoms with E-state index in [2.05, 4.69) is 35.2 Å². The molecule has 0 N–H and O–H groups in total. The van der Waals surface area contributed by atoms with Gasteiger partial charge < -0.3 is 19.1 Å². The number of hydrogen-bond donors (Lipinski definition) is 0. The Balaban J connectivity index is 1.42. The molecule has 182 valence electrons. The van der Waals surface area contributed by atoms with Crippen molar-refractivity contribution in [2.75, 3.05) is 27.9 Å². The van der Waals surface area contributed by atoms with E-state index in [1.807, 2.05) is 35.2 Å². The Morgan fingerprint density at radius 3 is 2.20 bits per heavy atom. The molecule has 2 aliphatic rings. The summed E-state index contributed by atoms with van der Waals surface area (Å²) in [6, 6.07) is 20.3. The van der Waals surface area contributed by atoms with E-state index < -0.39 is 0 Å². The van der Waals surface area contributed by atoms with Crippen molar-refractivity contribution in [2.45, 2.75) is 38.5 Å². The number of hydrogen-bond acceptors (Lipinski definition) is 5. The van der Waals surface area contributed by atoms with Crippen LogP contribution < -0.4 is 14.2 Å². The van der Waals surface area contributed by atoms with Crippen molar-refractivity contribution < 1.29 is 19.0 Å². The maximum absolute atomic E-state index is 14.0. The smallest absolute Gasteiger partial charge is 0.240 e. The lowest BCUT2D eigenvalue weighted by Crippen LogP contribution is -2.52. The molecule has 5 rings (SSSR count). The van der Waals surface area contributed by atoms with Crippen molar-refractivity contribution in [3.05, 3.63) is 88.5 Å². The minimum Gasteiger partial charge on any atom is -0.496 e. The average Bonchev–Trinajstić information content (AvgIpc) is 2.91. The van der Waals surface area contributed by atoms with Crippen molar-refractivity contribution in [1.29, 1.82) is 0 Å². The average molecular weight is 473 g/mol. The molecular weight excluding hydrogens is 440 g/mol. The number of carbonyl (C=O) groups excluding carboxylic acids is 1. The molecule has 2 heterocycles. The Kier molecular flexibility index (Phi) is 6.64. The van der Waals surface area contributed by atoms with Crippen LogP contribution in [0, 0.1) is 0 Å². The fourth-order valence-electron chi connectivity index (χ4n) is 5.32. The number of amides is 1. The number of para-hydroxylation sites is 1. The number of ether oxygens (including phenoxy) is 3. The summed E-state index contributed by atoms with van der Waals surface area (Å²) in [6.45, 7) is 2.67. The molecular formula is C29H32N2O4. The van der Waals surface area contributed by atoms with E-state index in [0.717, 1.165) is 35.6 Å². The third-order valence-electron chi connectivity index (χ3n) is 7.23. The van der Waals surface area contributed by atoms with Crippen LogP contribution in [0.4, 0.5) is 0 Å². The molecule has 0 saturated heterocycles. The van der Waals surface area contributed by atoms with E-state index >= 15 is 0 Å². The second kappa shape index (κ2) is 10.0. The Morgan fingerprint density at radius 1 is 0.800 bits per heavy atom. The third-order valence-corrected chi connectivity index (χ3v) is 7.23. The van der Waals surface area contributed by atoms with E-state index in [9.17, 15) is 4.79 Å². The zero-order valence-corrected chi connectivity index (χ0v) is 20.6. The Labute approximate surface area is 207 Å². The van der Waals surface area contributed by atoms with Crippen molar-refractivity contribution in [3.8, 4) is 17.2 Å². The minimum atomic E-state index is -0.225. The predicted molar refractivity (Wildman–Crippen MR) is 135 cm³/mol. The lowest BCUT2D eigenvalue weighted by molar-refractivity contribution is -0.139. The van der Waals surface area contributed by atoms with Crippen molar-refractivity contribution in [3.63, 3.8) is 0 Å². The maximum Gasteiger partial charge on any atom is 0.240 e. The van der Waals surface area contributed by atoms with Gasteiger partial charge in [-0.15, -0.1) is 0 Å². The van der Waals surface area contributed by atoms with Crippen LogP contribution in [0.2, 0.25) is 0 Å². The van der Waals surface area contributed by atoms with Crippen LogP contribution in [0.25, 0.3) is 0 Å². The van der Waals surface area contributed by atoms with E-state index in [4.69, 9.17) is 14.2 Å². The van der Waals surface area contributed by atoms with E-state index in [1.165, 1.54) is 16.7 Å². The summed E-state index contributed by atoms with van der Waals surface area (Å²) in [4.78, 5) is 18.3. The van der Waals surface area contributed by atoms with E-state index in [-0.39, 0.29) is 11.9 Å². The molecule has 2 aliphatic heterocycles. The molecule has 35 heavy (non-hydrogen) atoms. The lowest BCUT2D eigenvalue weighted by Gasteiger charge is -2.40. The van der Waals surface area contributed by atoms with Gasteiger partial charge in [-0.2, -0.15) is 0 Å². The molecule has 0 radical (unpaired) electrons. The number of fused-ring (bicyclic) bond motifs is 2. The van der Waals surface area contributed by atoms with Crippen LogP contribution in [0.5, 0.6) is 17.2 Å². The Bertz CT molecular complexity index is 1230. The number of rotatable bonds is 6. The summed E-state index contributed by atoms with van der Waals surface area (Å²) in [5.74, 6) is 2.46. The first kappa shape index (κ1) is 23.2. The SMILES string of the molecule is COc1ccccc1CN1Cc2ccccc2CC1C(=O)N1CCc2cc(OC)c(OC)cc2C1. The Hall–Kier alpha value is -3.51. The van der Waals surface area contributed by atoms with Gasteiger partial charge in [-0.1, -0.05) is 42.5 Å². The number of benzene rings is 3. The minimum absolute atomic E-state index is 0.176. The molecule has 0 spiro atoms. The van der Waals surface area contributed by atoms with Crippen LogP contribution in [-0.2, 0) is 37.3 Å². The van der Waals surface area contributed by atoms with Crippen molar-refractivity contribution in [2.24, 2.45) is 0 Å². The van der Waals surface area contributed by atoms with Gasteiger partial charge in [0.15, 0.2) is 11.5 Å². The van der Waals surface area contributed by atoms with Gasteiger partial charge in [-0.05, 0) is 53.3 Å². The van der Waals surface area contributed by atoms with Gasteiger partial charge in [0.05, 0.1) is 27.4 Å². The van der Waals surface area contributed by atoms with Crippen LogP contribution in [-0.4, -0.2) is 49.6 Å². The van der Waals surface area contributed by atoms with Gasteiger partial charge in [0, 0.05) is 31.7 Å². The number of carbonyl (C=O) groups is 1. The first-order chi connectivity index (χ1) is 17.1. The highest BCUT2D eigenvalue weighted by atomic mass is 16.5. The Morgan fingerprint density at radius 2 is 1.46 bits per heavy atom. The highest BCUT2D eigenvalue weighted by molar-refractivity contribution is 5.83. The van der Waals surface area contributed by atoms with E-state index in [1.54, 1.807) is 21.3 Å². The van der Waals surface area contributed by atoms with E-state index in [0.29, 0.717) is 31.8 Å². The summed E-state index contributed by atoms with van der Waals surface area (Å²) < 4.78 is 16.6. The fraction of sp³-hybridized carbons (Fsp3) is 0.345. The maximum atomic E-state index is 14.0. The number of methoxy groups -OCH3 is 3. The third kappa shape index (κ3) is 4.58. The van der Waals surface area contributed by atoms with Gasteiger partial charge in [-0.25, -0.2) is 0 Å². The second-order valence-electron chi connectivity index (χ2n) is 9.19. The quantitative estimate of drug-likeness (QED) is 0.538. The standard InChI is InChI=1S/C29H32N2O4/c1-33-26-11-7-6-10-23(26)18-31-17-22-9-5-4-8-20(22)14-25(31)29(32)30-13-12-21-15-27(34-2)28(35-3)16-24(21)19-30/h4-11,15-16,25H,12-14,17-19H2,1-3H3. The predicted octanol–water partition coefficient (Wildman–Crippen LogP) is 4.22. The molecule has 1 unspecified atom stereocenters. The van der Waals surface area contributed by atoms with Gasteiger partial charge in [0.25, 0.3) is 0 Å². The van der Waals surface area contributed by atoms with Gasteiger partial charge in [-0.3, -0.25) is 9.69 Å². The lowest BCUT2D eigenvalue weighted by atomic mass is 9.91. The van der Waals surface area contributed by atoms with Crippen LogP contribution >= 0.6 is 0 Å². The first-order valence-corrected chi connectivity index (χ1v) is 12.1. The van der Waals surface area contributed by atoms with Gasteiger partial charge >= 0.3 is 0 Å². The molecule has 0 fully saturated rings. The topological polar surface area (TPSA) is 51.2 Å². The first-order valence-electron chi connectivity index (χ1n) is 12.1. The molecule has 3 aromatic rings. The molecule has 3 aromatic carbocycles. The highest BCUT2D eigenvalue weighted by Gasteiger charge is 2.35. The van der Waals surface area contributed by atoms with Crippen LogP contribution in [0.15, 0.2) is 60.7 Å². The summed E-state index contributed by atoms with van der Waals surface area (Å²) in [5, 5.41) is 0. The summed E-state index contributed by atoms with van der Waals surface area (Å²) >= 11 is 0. The summed E-state index contributed by atoms with van der Waals surface area (Å²) in [6.07, 6.45) is 1.51.